The Balaban J connectivity index is 0.000000153. The monoisotopic (exact) mass is 612 g/mol. The van der Waals surface area contributed by atoms with Gasteiger partial charge in [-0.15, -0.1) is 0 Å². The first-order chi connectivity index (χ1) is 22.0. The van der Waals surface area contributed by atoms with Crippen LogP contribution in [0.1, 0.15) is 39.3 Å². The summed E-state index contributed by atoms with van der Waals surface area (Å²) in [5.41, 5.74) is 3.28. The van der Waals surface area contributed by atoms with Gasteiger partial charge in [0.05, 0.1) is 38.1 Å². The number of benzene rings is 4. The Hall–Kier alpha value is -4.93. The van der Waals surface area contributed by atoms with E-state index in [1.165, 1.54) is 12.1 Å². The van der Waals surface area contributed by atoms with E-state index < -0.39 is 0 Å². The van der Waals surface area contributed by atoms with E-state index >= 15 is 0 Å². The number of aromatic hydroxyl groups is 2. The minimum absolute atomic E-state index is 0.0218. The number of phenols is 2. The maximum absolute atomic E-state index is 12.0. The van der Waals surface area contributed by atoms with Gasteiger partial charge in [0.15, 0.2) is 28.8 Å². The van der Waals surface area contributed by atoms with E-state index in [0.29, 0.717) is 25.0 Å². The summed E-state index contributed by atoms with van der Waals surface area (Å²) >= 11 is 0. The molecule has 4 aliphatic heterocycles. The molecule has 0 bridgehead atoms. The summed E-state index contributed by atoms with van der Waals surface area (Å²) < 4.78 is 39.2. The van der Waals surface area contributed by atoms with Crippen LogP contribution in [0.15, 0.2) is 78.9 Å². The second kappa shape index (κ2) is 12.2. The van der Waals surface area contributed by atoms with Crippen molar-refractivity contribution < 1.29 is 48.2 Å². The number of hydrogen-bond donors (Lipinski definition) is 2. The van der Waals surface area contributed by atoms with Crippen molar-refractivity contribution in [3.8, 4) is 40.2 Å². The Kier molecular flexibility index (Phi) is 7.83. The summed E-state index contributed by atoms with van der Waals surface area (Å²) in [5.74, 6) is 4.06. The number of ether oxygens (including phenoxy) is 7. The van der Waals surface area contributed by atoms with E-state index in [0.717, 1.165) is 51.5 Å². The normalized spacial score (nSPS) is 22.0. The molecule has 0 amide bonds. The van der Waals surface area contributed by atoms with Gasteiger partial charge in [-0.05, 0) is 65.2 Å². The van der Waals surface area contributed by atoms with Gasteiger partial charge in [0.25, 0.3) is 0 Å². The molecule has 4 aliphatic rings. The zero-order valence-electron chi connectivity index (χ0n) is 24.5. The number of phenolic OH excluding ortho intramolecular Hbond substituents is 2. The van der Waals surface area contributed by atoms with Gasteiger partial charge >= 0.3 is 0 Å². The van der Waals surface area contributed by atoms with E-state index in [1.807, 2.05) is 24.3 Å². The molecular weight excluding hydrogens is 580 g/mol. The van der Waals surface area contributed by atoms with Crippen LogP contribution in [0.25, 0.3) is 0 Å². The van der Waals surface area contributed by atoms with Crippen molar-refractivity contribution in [1.29, 1.82) is 0 Å². The highest BCUT2D eigenvalue weighted by Crippen LogP contribution is 2.52. The fourth-order valence-corrected chi connectivity index (χ4v) is 6.19. The molecule has 232 valence electrons. The Morgan fingerprint density at radius 2 is 1.27 bits per heavy atom. The van der Waals surface area contributed by atoms with Crippen LogP contribution in [0.4, 0.5) is 0 Å². The summed E-state index contributed by atoms with van der Waals surface area (Å²) in [7, 11) is 1.58. The SMILES string of the molecule is COc1ccc(CC(=O)c2ccc(O)cc2O)cc1.c1cc2c(cc1C1OCC3C(c4ccc5c(c4)OCO5)OCC13)OCO2. The third-order valence-corrected chi connectivity index (χ3v) is 8.52. The van der Waals surface area contributed by atoms with Crippen molar-refractivity contribution in [2.24, 2.45) is 11.8 Å². The number of carbonyl (C=O) groups excluding carboxylic acids is 1. The number of Topliss-reactive ketones (excluding diaryl/α,β-unsaturated/α-hetero) is 1. The van der Waals surface area contributed by atoms with E-state index in [9.17, 15) is 15.0 Å². The summed E-state index contributed by atoms with van der Waals surface area (Å²) in [6, 6.07) is 23.2. The predicted octanol–water partition coefficient (Wildman–Crippen LogP) is 5.75. The van der Waals surface area contributed by atoms with E-state index in [1.54, 1.807) is 31.4 Å². The lowest BCUT2D eigenvalue weighted by Crippen LogP contribution is -2.14. The van der Waals surface area contributed by atoms with Gasteiger partial charge in [-0.2, -0.15) is 0 Å². The molecule has 10 nitrogen and oxygen atoms in total. The van der Waals surface area contributed by atoms with E-state index in [2.05, 4.69) is 12.1 Å². The first-order valence-corrected chi connectivity index (χ1v) is 14.7. The minimum Gasteiger partial charge on any atom is -0.508 e. The van der Waals surface area contributed by atoms with Crippen LogP contribution in [0.2, 0.25) is 0 Å². The second-order valence-corrected chi connectivity index (χ2v) is 11.2. The highest BCUT2D eigenvalue weighted by atomic mass is 16.7. The van der Waals surface area contributed by atoms with Gasteiger partial charge in [-0.1, -0.05) is 24.3 Å². The van der Waals surface area contributed by atoms with Crippen molar-refractivity contribution in [2.75, 3.05) is 33.9 Å². The summed E-state index contributed by atoms with van der Waals surface area (Å²) in [5, 5.41) is 18.8. The van der Waals surface area contributed by atoms with Crippen LogP contribution in [-0.2, 0) is 15.9 Å². The first kappa shape index (κ1) is 28.8. The van der Waals surface area contributed by atoms with Gasteiger partial charge in [0.1, 0.15) is 17.2 Å². The van der Waals surface area contributed by atoms with E-state index in [4.69, 9.17) is 33.2 Å². The molecular formula is C35H32O10. The zero-order chi connectivity index (χ0) is 30.9. The van der Waals surface area contributed by atoms with Crippen LogP contribution in [-0.4, -0.2) is 49.9 Å². The average Bonchev–Trinajstić information content (AvgIpc) is 3.86. The molecule has 4 heterocycles. The molecule has 2 fully saturated rings. The van der Waals surface area contributed by atoms with Crippen molar-refractivity contribution in [2.45, 2.75) is 18.6 Å². The molecule has 4 atom stereocenters. The van der Waals surface area contributed by atoms with Gasteiger partial charge in [-0.3, -0.25) is 4.79 Å². The lowest BCUT2D eigenvalue weighted by molar-refractivity contribution is 0.0192. The van der Waals surface area contributed by atoms with Crippen molar-refractivity contribution >= 4 is 5.78 Å². The highest BCUT2D eigenvalue weighted by Gasteiger charge is 2.48. The first-order valence-electron chi connectivity index (χ1n) is 14.7. The number of fused-ring (bicyclic) bond motifs is 3. The third-order valence-electron chi connectivity index (χ3n) is 8.52. The summed E-state index contributed by atoms with van der Waals surface area (Å²) in [6.07, 6.45) is 0.226. The maximum Gasteiger partial charge on any atom is 0.231 e. The minimum atomic E-state index is -0.210. The lowest BCUT2D eigenvalue weighted by Gasteiger charge is -2.17. The fraction of sp³-hybridized carbons (Fsp3) is 0.286. The van der Waals surface area contributed by atoms with Crippen molar-refractivity contribution in [3.63, 3.8) is 0 Å². The number of carbonyl (C=O) groups is 1. The van der Waals surface area contributed by atoms with Gasteiger partial charge in [0, 0.05) is 24.3 Å². The number of methoxy groups -OCH3 is 1. The summed E-state index contributed by atoms with van der Waals surface area (Å²) in [4.78, 5) is 12.0. The molecule has 0 aromatic heterocycles. The van der Waals surface area contributed by atoms with Crippen LogP contribution >= 0.6 is 0 Å². The molecule has 4 unspecified atom stereocenters. The highest BCUT2D eigenvalue weighted by molar-refractivity contribution is 6.00. The number of rotatable bonds is 6. The molecule has 45 heavy (non-hydrogen) atoms. The van der Waals surface area contributed by atoms with Crippen molar-refractivity contribution in [3.05, 3.63) is 101 Å². The number of ketones is 1. The fourth-order valence-electron chi connectivity index (χ4n) is 6.19. The molecule has 0 radical (unpaired) electrons. The predicted molar refractivity (Wildman–Crippen MR) is 160 cm³/mol. The van der Waals surface area contributed by atoms with Gasteiger partial charge < -0.3 is 43.4 Å². The van der Waals surface area contributed by atoms with Crippen LogP contribution in [0.3, 0.4) is 0 Å². The van der Waals surface area contributed by atoms with Crippen LogP contribution < -0.4 is 23.7 Å². The molecule has 2 saturated heterocycles. The molecule has 4 aromatic carbocycles. The van der Waals surface area contributed by atoms with Gasteiger partial charge in [-0.25, -0.2) is 0 Å². The summed E-state index contributed by atoms with van der Waals surface area (Å²) in [6.45, 7) is 1.93. The molecule has 10 heteroatoms. The van der Waals surface area contributed by atoms with E-state index in [-0.39, 0.29) is 55.1 Å². The molecule has 0 aliphatic carbocycles. The Morgan fingerprint density at radius 1 is 0.711 bits per heavy atom. The second-order valence-electron chi connectivity index (χ2n) is 11.2. The molecule has 0 spiro atoms. The largest absolute Gasteiger partial charge is 0.508 e. The standard InChI is InChI=1S/C20H18O6.C15H14O4/c1-3-15-17(25-9-23-15)5-11(1)19-13-7-22-20(14(13)8-21-19)12-2-4-16-18(6-12)26-10-24-16;1-19-12-5-2-10(3-6-12)8-14(17)13-7-4-11(16)9-15(13)18/h1-6,13-14,19-20H,7-10H2;2-7,9,16,18H,8H2,1H3. The Morgan fingerprint density at radius 3 is 1.80 bits per heavy atom. The van der Waals surface area contributed by atoms with Crippen LogP contribution in [0.5, 0.6) is 40.2 Å². The molecule has 8 rings (SSSR count). The van der Waals surface area contributed by atoms with Crippen molar-refractivity contribution in [1.82, 2.24) is 0 Å². The molecule has 2 N–H and O–H groups in total. The smallest absolute Gasteiger partial charge is 0.231 e. The average molecular weight is 613 g/mol. The van der Waals surface area contributed by atoms with Crippen LogP contribution in [0, 0.1) is 11.8 Å². The zero-order valence-corrected chi connectivity index (χ0v) is 24.5. The molecule has 0 saturated carbocycles. The number of hydrogen-bond acceptors (Lipinski definition) is 10. The maximum atomic E-state index is 12.0. The quantitative estimate of drug-likeness (QED) is 0.260. The molecule has 4 aromatic rings. The third kappa shape index (κ3) is 5.82. The van der Waals surface area contributed by atoms with Gasteiger partial charge in [0.2, 0.25) is 13.6 Å². The lowest BCUT2D eigenvalue weighted by atomic mass is 9.85. The Bertz CT molecular complexity index is 1630. The topological polar surface area (TPSA) is 122 Å². The Labute approximate surface area is 259 Å².